The van der Waals surface area contributed by atoms with Gasteiger partial charge in [-0.2, -0.15) is 0 Å². The number of carbonyl (C=O) groups is 4. The second kappa shape index (κ2) is 9.46. The Morgan fingerprint density at radius 3 is 2.52 bits per heavy atom. The molecule has 1 aromatic rings. The van der Waals surface area contributed by atoms with Crippen LogP contribution in [0.25, 0.3) is 6.08 Å². The molecular weight excluding hydrogens is 402 g/mol. The number of amides is 2. The minimum Gasteiger partial charge on any atom is -0.493 e. The van der Waals surface area contributed by atoms with Crippen LogP contribution in [0.2, 0.25) is 0 Å². The summed E-state index contributed by atoms with van der Waals surface area (Å²) in [5.41, 5.74) is 0.354. The Morgan fingerprint density at radius 1 is 1.24 bits per heavy atom. The van der Waals surface area contributed by atoms with Crippen molar-refractivity contribution in [1.29, 1.82) is 0 Å². The fraction of sp³-hybridized carbons (Fsp3) is 0.368. The number of imide groups is 1. The molecule has 1 aromatic carbocycles. The molecule has 0 radical (unpaired) electrons. The summed E-state index contributed by atoms with van der Waals surface area (Å²) >= 11 is 0.663. The van der Waals surface area contributed by atoms with Crippen molar-refractivity contribution in [3.8, 4) is 11.5 Å². The van der Waals surface area contributed by atoms with E-state index < -0.39 is 35.7 Å². The summed E-state index contributed by atoms with van der Waals surface area (Å²) in [4.78, 5) is 48.5. The maximum Gasteiger partial charge on any atom is 0.344 e. The number of hydrogen-bond acceptors (Lipinski definition) is 8. The maximum absolute atomic E-state index is 12.6. The van der Waals surface area contributed by atoms with Gasteiger partial charge in [-0.3, -0.25) is 19.3 Å². The highest BCUT2D eigenvalue weighted by Gasteiger charge is 2.37. The van der Waals surface area contributed by atoms with Gasteiger partial charge >= 0.3 is 11.9 Å². The second-order valence-electron chi connectivity index (χ2n) is 6.28. The molecule has 0 saturated carbocycles. The van der Waals surface area contributed by atoms with Crippen LogP contribution in [0.15, 0.2) is 23.1 Å². The van der Waals surface area contributed by atoms with Crippen LogP contribution in [-0.4, -0.2) is 59.0 Å². The third kappa shape index (κ3) is 5.50. The molecule has 0 aromatic heterocycles. The molecule has 2 rings (SSSR count). The smallest absolute Gasteiger partial charge is 0.344 e. The summed E-state index contributed by atoms with van der Waals surface area (Å²) < 4.78 is 15.7. The predicted molar refractivity (Wildman–Crippen MR) is 105 cm³/mol. The van der Waals surface area contributed by atoms with E-state index in [4.69, 9.17) is 19.3 Å². The second-order valence-corrected chi connectivity index (χ2v) is 7.28. The summed E-state index contributed by atoms with van der Waals surface area (Å²) in [5.74, 6) is -2.13. The fourth-order valence-corrected chi connectivity index (χ4v) is 3.20. The average molecular weight is 423 g/mol. The number of methoxy groups -OCH3 is 1. The van der Waals surface area contributed by atoms with E-state index >= 15 is 0 Å². The molecule has 1 aliphatic heterocycles. The van der Waals surface area contributed by atoms with E-state index in [-0.39, 0.29) is 22.5 Å². The van der Waals surface area contributed by atoms with Gasteiger partial charge in [-0.05, 0) is 44.7 Å². The standard InChI is InChI=1S/C19H21NO8S/c1-10(2)27-15(21)9-20-17(22)14(29-19(20)25)8-12-6-5-7-13(26-4)16(12)28-11(3)18(23)24/h5-8,10-11H,9H2,1-4H3,(H,23,24)/b14-8+/t11-/m1/s1. The number of rotatable bonds is 8. The third-order valence-corrected chi connectivity index (χ3v) is 4.59. The summed E-state index contributed by atoms with van der Waals surface area (Å²) in [6.07, 6.45) is -0.143. The zero-order chi connectivity index (χ0) is 21.7. The number of hydrogen-bond donors (Lipinski definition) is 1. The van der Waals surface area contributed by atoms with Gasteiger partial charge in [-0.25, -0.2) is 4.79 Å². The molecule has 0 spiro atoms. The van der Waals surface area contributed by atoms with Crippen LogP contribution in [0, 0.1) is 0 Å². The van der Waals surface area contributed by atoms with E-state index in [2.05, 4.69) is 0 Å². The molecule has 1 atom stereocenters. The lowest BCUT2D eigenvalue weighted by Gasteiger charge is -2.16. The first kappa shape index (κ1) is 22.3. The molecule has 9 nitrogen and oxygen atoms in total. The third-order valence-electron chi connectivity index (χ3n) is 3.69. The predicted octanol–water partition coefficient (Wildman–Crippen LogP) is 2.54. The molecule has 1 heterocycles. The van der Waals surface area contributed by atoms with Crippen LogP contribution < -0.4 is 9.47 Å². The Kier molecular flexibility index (Phi) is 7.27. The summed E-state index contributed by atoms with van der Waals surface area (Å²) in [6, 6.07) is 4.80. The normalized spacial score (nSPS) is 16.3. The van der Waals surface area contributed by atoms with Crippen LogP contribution >= 0.6 is 11.8 Å². The number of benzene rings is 1. The van der Waals surface area contributed by atoms with Crippen molar-refractivity contribution in [2.45, 2.75) is 33.0 Å². The topological polar surface area (TPSA) is 119 Å². The number of aliphatic carboxylic acids is 1. The van der Waals surface area contributed by atoms with Crippen molar-refractivity contribution >= 4 is 40.9 Å². The van der Waals surface area contributed by atoms with Crippen molar-refractivity contribution < 1.29 is 38.5 Å². The van der Waals surface area contributed by atoms with Gasteiger partial charge in [0.1, 0.15) is 6.54 Å². The highest BCUT2D eigenvalue weighted by molar-refractivity contribution is 8.18. The lowest BCUT2D eigenvalue weighted by Crippen LogP contribution is -2.35. The molecule has 0 bridgehead atoms. The van der Waals surface area contributed by atoms with Gasteiger partial charge in [-0.1, -0.05) is 12.1 Å². The number of carboxylic acids is 1. The SMILES string of the molecule is COc1cccc(/C=C2/SC(=O)N(CC(=O)OC(C)C)C2=O)c1O[C@H](C)C(=O)O. The first-order valence-electron chi connectivity index (χ1n) is 8.65. The molecular formula is C19H21NO8S. The van der Waals surface area contributed by atoms with Gasteiger partial charge in [0.25, 0.3) is 11.1 Å². The van der Waals surface area contributed by atoms with Gasteiger partial charge in [0.2, 0.25) is 0 Å². The minimum atomic E-state index is -1.18. The van der Waals surface area contributed by atoms with Crippen molar-refractivity contribution in [1.82, 2.24) is 4.90 Å². The number of para-hydroxylation sites is 1. The molecule has 1 N–H and O–H groups in total. The molecule has 1 saturated heterocycles. The molecule has 1 aliphatic rings. The number of thioether (sulfide) groups is 1. The molecule has 0 unspecified atom stereocenters. The quantitative estimate of drug-likeness (QED) is 0.497. The fourth-order valence-electron chi connectivity index (χ4n) is 2.37. The number of carbonyl (C=O) groups excluding carboxylic acids is 3. The van der Waals surface area contributed by atoms with Gasteiger partial charge in [0, 0.05) is 5.56 Å². The van der Waals surface area contributed by atoms with E-state index in [0.717, 1.165) is 4.90 Å². The Balaban J connectivity index is 2.32. The molecule has 10 heteroatoms. The van der Waals surface area contributed by atoms with Gasteiger partial charge in [0.15, 0.2) is 17.6 Å². The van der Waals surface area contributed by atoms with Crippen molar-refractivity contribution in [2.75, 3.05) is 13.7 Å². The number of carboxylic acid groups (broad SMARTS) is 1. The molecule has 29 heavy (non-hydrogen) atoms. The largest absolute Gasteiger partial charge is 0.493 e. The molecule has 1 fully saturated rings. The summed E-state index contributed by atoms with van der Waals surface area (Å²) in [7, 11) is 1.39. The van der Waals surface area contributed by atoms with Crippen LogP contribution in [-0.2, 0) is 19.1 Å². The van der Waals surface area contributed by atoms with E-state index in [1.165, 1.54) is 20.1 Å². The van der Waals surface area contributed by atoms with E-state index in [1.807, 2.05) is 0 Å². The highest BCUT2D eigenvalue weighted by atomic mass is 32.2. The van der Waals surface area contributed by atoms with Crippen LogP contribution in [0.3, 0.4) is 0 Å². The van der Waals surface area contributed by atoms with Crippen molar-refractivity contribution in [3.63, 3.8) is 0 Å². The first-order chi connectivity index (χ1) is 13.6. The van der Waals surface area contributed by atoms with Gasteiger partial charge < -0.3 is 19.3 Å². The van der Waals surface area contributed by atoms with Crippen LogP contribution in [0.4, 0.5) is 4.79 Å². The lowest BCUT2D eigenvalue weighted by atomic mass is 10.1. The summed E-state index contributed by atoms with van der Waals surface area (Å²) in [5, 5.41) is 8.50. The Bertz CT molecular complexity index is 864. The molecule has 156 valence electrons. The van der Waals surface area contributed by atoms with E-state index in [9.17, 15) is 19.2 Å². The molecule has 2 amide bonds. The number of esters is 1. The average Bonchev–Trinajstić information content (AvgIpc) is 2.89. The van der Waals surface area contributed by atoms with E-state index in [0.29, 0.717) is 17.3 Å². The van der Waals surface area contributed by atoms with Gasteiger partial charge in [-0.15, -0.1) is 0 Å². The first-order valence-corrected chi connectivity index (χ1v) is 9.47. The summed E-state index contributed by atoms with van der Waals surface area (Å²) in [6.45, 7) is 4.19. The highest BCUT2D eigenvalue weighted by Crippen LogP contribution is 2.37. The van der Waals surface area contributed by atoms with Crippen molar-refractivity contribution in [2.24, 2.45) is 0 Å². The van der Waals surface area contributed by atoms with Gasteiger partial charge in [0.05, 0.1) is 18.1 Å². The Hall–Kier alpha value is -3.01. The molecule has 0 aliphatic carbocycles. The minimum absolute atomic E-state index is 0.0634. The zero-order valence-electron chi connectivity index (χ0n) is 16.3. The van der Waals surface area contributed by atoms with Crippen molar-refractivity contribution in [3.05, 3.63) is 28.7 Å². The van der Waals surface area contributed by atoms with Crippen LogP contribution in [0.1, 0.15) is 26.3 Å². The van der Waals surface area contributed by atoms with E-state index in [1.54, 1.807) is 32.0 Å². The Labute approximate surface area is 171 Å². The lowest BCUT2D eigenvalue weighted by molar-refractivity contribution is -0.149. The van der Waals surface area contributed by atoms with Crippen LogP contribution in [0.5, 0.6) is 11.5 Å². The monoisotopic (exact) mass is 423 g/mol. The number of nitrogens with zero attached hydrogens (tertiary/aromatic N) is 1. The number of ether oxygens (including phenoxy) is 3. The zero-order valence-corrected chi connectivity index (χ0v) is 17.1. The maximum atomic E-state index is 12.6. The Morgan fingerprint density at radius 2 is 1.93 bits per heavy atom.